The highest BCUT2D eigenvalue weighted by Gasteiger charge is 2.26. The van der Waals surface area contributed by atoms with Gasteiger partial charge in [0.2, 0.25) is 0 Å². The molecular weight excluding hydrogens is 266 g/mol. The molecule has 1 N–H and O–H groups in total. The Kier molecular flexibility index (Phi) is 5.17. The first-order chi connectivity index (χ1) is 10.0. The molecule has 1 amide bonds. The van der Waals surface area contributed by atoms with E-state index in [1.807, 2.05) is 7.05 Å². The van der Waals surface area contributed by atoms with E-state index in [-0.39, 0.29) is 17.5 Å². The summed E-state index contributed by atoms with van der Waals surface area (Å²) in [4.78, 5) is 25.9. The minimum absolute atomic E-state index is 0.0559. The van der Waals surface area contributed by atoms with Crippen LogP contribution >= 0.6 is 0 Å². The van der Waals surface area contributed by atoms with Crippen molar-refractivity contribution in [3.63, 3.8) is 0 Å². The van der Waals surface area contributed by atoms with Gasteiger partial charge in [0.25, 0.3) is 11.5 Å². The molecular formula is C16H25N3O2. The molecule has 116 valence electrons. The summed E-state index contributed by atoms with van der Waals surface area (Å²) in [5.41, 5.74) is 0.333. The number of nitrogens with zero attached hydrogens (tertiary/aromatic N) is 2. The highest BCUT2D eigenvalue weighted by Crippen LogP contribution is 2.23. The van der Waals surface area contributed by atoms with E-state index in [0.717, 1.165) is 32.2 Å². The molecule has 0 radical (unpaired) electrons. The van der Waals surface area contributed by atoms with Crippen molar-refractivity contribution in [3.05, 3.63) is 34.2 Å². The highest BCUT2D eigenvalue weighted by atomic mass is 16.2. The van der Waals surface area contributed by atoms with E-state index >= 15 is 0 Å². The molecule has 0 atom stereocenters. The molecule has 0 bridgehead atoms. The van der Waals surface area contributed by atoms with Crippen LogP contribution in [0, 0.1) is 0 Å². The molecule has 1 aromatic rings. The van der Waals surface area contributed by atoms with E-state index in [1.54, 1.807) is 24.2 Å². The van der Waals surface area contributed by atoms with Crippen LogP contribution in [0.4, 0.5) is 0 Å². The third kappa shape index (κ3) is 3.73. The van der Waals surface area contributed by atoms with Gasteiger partial charge in [-0.2, -0.15) is 0 Å². The van der Waals surface area contributed by atoms with Crippen molar-refractivity contribution in [2.75, 3.05) is 13.6 Å². The number of aryl methyl sites for hydroxylation is 1. The van der Waals surface area contributed by atoms with Crippen LogP contribution in [0.3, 0.4) is 0 Å². The molecule has 2 rings (SSSR count). The van der Waals surface area contributed by atoms with Gasteiger partial charge >= 0.3 is 0 Å². The predicted molar refractivity (Wildman–Crippen MR) is 83.5 cm³/mol. The van der Waals surface area contributed by atoms with Crippen molar-refractivity contribution in [1.29, 1.82) is 0 Å². The summed E-state index contributed by atoms with van der Waals surface area (Å²) in [7, 11) is 3.53. The average Bonchev–Trinajstić information content (AvgIpc) is 2.50. The maximum Gasteiger partial charge on any atom is 0.254 e. The fourth-order valence-electron chi connectivity index (χ4n) is 3.01. The standard InChI is InChI=1S/C16H25N3O2/c1-4-17-13-5-7-14(8-6-13)19(3)16(21)12-9-10-18(2)15(20)11-12/h9-11,13-14,17H,4-8H2,1-3H3. The summed E-state index contributed by atoms with van der Waals surface area (Å²) in [6.45, 7) is 3.12. The molecule has 0 spiro atoms. The molecule has 5 nitrogen and oxygen atoms in total. The summed E-state index contributed by atoms with van der Waals surface area (Å²) in [6.07, 6.45) is 5.89. The van der Waals surface area contributed by atoms with Crippen LogP contribution in [0.1, 0.15) is 43.0 Å². The fraction of sp³-hybridized carbons (Fsp3) is 0.625. The first-order valence-electron chi connectivity index (χ1n) is 7.70. The lowest BCUT2D eigenvalue weighted by Gasteiger charge is -2.35. The second-order valence-electron chi connectivity index (χ2n) is 5.84. The Morgan fingerprint density at radius 3 is 2.62 bits per heavy atom. The molecule has 5 heteroatoms. The van der Waals surface area contributed by atoms with Crippen LogP contribution in [-0.2, 0) is 7.05 Å². The fourth-order valence-corrected chi connectivity index (χ4v) is 3.01. The normalized spacial score (nSPS) is 22.0. The van der Waals surface area contributed by atoms with E-state index in [4.69, 9.17) is 0 Å². The topological polar surface area (TPSA) is 54.3 Å². The summed E-state index contributed by atoms with van der Waals surface area (Å²) in [5, 5.41) is 3.47. The zero-order valence-electron chi connectivity index (χ0n) is 13.1. The molecule has 1 saturated carbocycles. The smallest absolute Gasteiger partial charge is 0.254 e. The first kappa shape index (κ1) is 15.8. The zero-order valence-corrected chi connectivity index (χ0v) is 13.1. The van der Waals surface area contributed by atoms with Crippen molar-refractivity contribution in [3.8, 4) is 0 Å². The minimum Gasteiger partial charge on any atom is -0.339 e. The SMILES string of the molecule is CCNC1CCC(N(C)C(=O)c2ccn(C)c(=O)c2)CC1. The minimum atomic E-state index is -0.148. The molecule has 0 saturated heterocycles. The Morgan fingerprint density at radius 1 is 1.38 bits per heavy atom. The van der Waals surface area contributed by atoms with E-state index in [2.05, 4.69) is 12.2 Å². The van der Waals surface area contributed by atoms with Crippen LogP contribution in [0.5, 0.6) is 0 Å². The maximum atomic E-state index is 12.5. The van der Waals surface area contributed by atoms with E-state index < -0.39 is 0 Å². The number of carbonyl (C=O) groups is 1. The lowest BCUT2D eigenvalue weighted by atomic mass is 9.90. The van der Waals surface area contributed by atoms with Crippen LogP contribution in [-0.4, -0.2) is 41.1 Å². The van der Waals surface area contributed by atoms with Crippen LogP contribution in [0.15, 0.2) is 23.1 Å². The van der Waals surface area contributed by atoms with Gasteiger partial charge in [0.1, 0.15) is 0 Å². The zero-order chi connectivity index (χ0) is 15.4. The maximum absolute atomic E-state index is 12.5. The quantitative estimate of drug-likeness (QED) is 0.912. The number of rotatable bonds is 4. The predicted octanol–water partition coefficient (Wildman–Crippen LogP) is 1.38. The number of amides is 1. The second-order valence-corrected chi connectivity index (χ2v) is 5.84. The van der Waals surface area contributed by atoms with Crippen LogP contribution in [0.2, 0.25) is 0 Å². The second kappa shape index (κ2) is 6.89. The molecule has 0 aromatic carbocycles. The molecule has 1 aliphatic rings. The number of aromatic nitrogens is 1. The number of pyridine rings is 1. The Balaban J connectivity index is 1.99. The monoisotopic (exact) mass is 291 g/mol. The summed E-state index contributed by atoms with van der Waals surface area (Å²) < 4.78 is 1.47. The number of carbonyl (C=O) groups excluding carboxylic acids is 1. The van der Waals surface area contributed by atoms with Crippen molar-refractivity contribution in [2.45, 2.75) is 44.7 Å². The van der Waals surface area contributed by atoms with Gasteiger partial charge in [0.05, 0.1) is 0 Å². The first-order valence-corrected chi connectivity index (χ1v) is 7.70. The van der Waals surface area contributed by atoms with E-state index in [0.29, 0.717) is 11.6 Å². The third-order valence-electron chi connectivity index (χ3n) is 4.41. The van der Waals surface area contributed by atoms with Gasteiger partial charge < -0.3 is 14.8 Å². The van der Waals surface area contributed by atoms with Crippen LogP contribution in [0.25, 0.3) is 0 Å². The van der Waals surface area contributed by atoms with Crippen LogP contribution < -0.4 is 10.9 Å². The summed E-state index contributed by atoms with van der Waals surface area (Å²) in [6, 6.07) is 3.99. The lowest BCUT2D eigenvalue weighted by molar-refractivity contribution is 0.0684. The largest absolute Gasteiger partial charge is 0.339 e. The molecule has 0 unspecified atom stereocenters. The number of hydrogen-bond donors (Lipinski definition) is 1. The van der Waals surface area contributed by atoms with Gasteiger partial charge in [-0.15, -0.1) is 0 Å². The lowest BCUT2D eigenvalue weighted by Crippen LogP contribution is -2.43. The van der Waals surface area contributed by atoms with Crippen molar-refractivity contribution < 1.29 is 4.79 Å². The Bertz CT molecular complexity index is 545. The Morgan fingerprint density at radius 2 is 2.05 bits per heavy atom. The van der Waals surface area contributed by atoms with E-state index in [1.165, 1.54) is 10.6 Å². The number of hydrogen-bond acceptors (Lipinski definition) is 3. The average molecular weight is 291 g/mol. The highest BCUT2D eigenvalue weighted by molar-refractivity contribution is 5.94. The van der Waals surface area contributed by atoms with Gasteiger partial charge in [0.15, 0.2) is 0 Å². The number of nitrogens with one attached hydrogen (secondary N) is 1. The van der Waals surface area contributed by atoms with Gasteiger partial charge in [0, 0.05) is 44.0 Å². The van der Waals surface area contributed by atoms with Crippen molar-refractivity contribution >= 4 is 5.91 Å². The van der Waals surface area contributed by atoms with E-state index in [9.17, 15) is 9.59 Å². The third-order valence-corrected chi connectivity index (χ3v) is 4.41. The molecule has 1 fully saturated rings. The van der Waals surface area contributed by atoms with Gasteiger partial charge in [-0.25, -0.2) is 0 Å². The Hall–Kier alpha value is -1.62. The molecule has 1 heterocycles. The molecule has 1 aromatic heterocycles. The molecule has 1 aliphatic carbocycles. The van der Waals surface area contributed by atoms with Crippen molar-refractivity contribution in [2.24, 2.45) is 7.05 Å². The van der Waals surface area contributed by atoms with Crippen molar-refractivity contribution in [1.82, 2.24) is 14.8 Å². The summed E-state index contributed by atoms with van der Waals surface area (Å²) in [5.74, 6) is -0.0559. The summed E-state index contributed by atoms with van der Waals surface area (Å²) >= 11 is 0. The Labute approximate surface area is 126 Å². The molecule has 21 heavy (non-hydrogen) atoms. The van der Waals surface area contributed by atoms with Gasteiger partial charge in [-0.1, -0.05) is 6.92 Å². The van der Waals surface area contributed by atoms with Gasteiger partial charge in [-0.3, -0.25) is 9.59 Å². The van der Waals surface area contributed by atoms with Gasteiger partial charge in [-0.05, 0) is 38.3 Å². The molecule has 0 aliphatic heterocycles.